The van der Waals surface area contributed by atoms with Gasteiger partial charge in [-0.3, -0.25) is 9.89 Å². The van der Waals surface area contributed by atoms with Crippen LogP contribution < -0.4 is 5.43 Å². The number of aromatic amines is 1. The highest BCUT2D eigenvalue weighted by Crippen LogP contribution is 2.20. The number of fused-ring (bicyclic) bond motifs is 1. The van der Waals surface area contributed by atoms with Crippen LogP contribution in [0.3, 0.4) is 0 Å². The van der Waals surface area contributed by atoms with Crippen molar-refractivity contribution >= 4 is 34.1 Å². The second-order valence-electron chi connectivity index (χ2n) is 5.18. The van der Waals surface area contributed by atoms with Crippen molar-refractivity contribution in [1.29, 1.82) is 0 Å². The van der Waals surface area contributed by atoms with Crippen LogP contribution in [0.2, 0.25) is 5.02 Å². The number of H-pyrrole nitrogens is 1. The summed E-state index contributed by atoms with van der Waals surface area (Å²) in [5, 5.41) is 12.3. The molecule has 0 spiro atoms. The minimum absolute atomic E-state index is 0.310. The normalized spacial score (nSPS) is 16.2. The third-order valence-corrected chi connectivity index (χ3v) is 3.85. The lowest BCUT2D eigenvalue weighted by Gasteiger charge is -2.22. The van der Waals surface area contributed by atoms with Gasteiger partial charge in [-0.2, -0.15) is 10.2 Å². The largest absolute Gasteiger partial charge is 0.306 e. The van der Waals surface area contributed by atoms with E-state index in [0.29, 0.717) is 16.1 Å². The number of hydrogen-bond acceptors (Lipinski definition) is 4. The van der Waals surface area contributed by atoms with Crippen molar-refractivity contribution < 1.29 is 4.79 Å². The lowest BCUT2D eigenvalue weighted by atomic mass is 10.1. The van der Waals surface area contributed by atoms with E-state index < -0.39 is 0 Å². The molecule has 110 valence electrons. The van der Waals surface area contributed by atoms with Crippen molar-refractivity contribution in [3.8, 4) is 0 Å². The Bertz CT molecular complexity index is 698. The van der Waals surface area contributed by atoms with E-state index in [1.807, 2.05) is 0 Å². The zero-order chi connectivity index (χ0) is 14.8. The molecule has 2 aromatic rings. The third kappa shape index (κ3) is 3.06. The molecule has 1 fully saturated rings. The molecule has 1 aromatic heterocycles. The Balaban J connectivity index is 1.75. The van der Waals surface area contributed by atoms with Crippen LogP contribution in [0.4, 0.5) is 0 Å². The second kappa shape index (κ2) is 5.83. The van der Waals surface area contributed by atoms with E-state index in [1.54, 1.807) is 18.2 Å². The number of carbonyl (C=O) groups excluding carboxylic acids is 1. The number of rotatable bonds is 2. The molecule has 1 aliphatic heterocycles. The SMILES string of the molecule is CN1CCC(=NNC(=O)c2n[nH]c3ccc(Cl)cc23)CC1. The fourth-order valence-electron chi connectivity index (χ4n) is 2.33. The van der Waals surface area contributed by atoms with Gasteiger partial charge in [0.2, 0.25) is 0 Å². The number of hydrazone groups is 1. The van der Waals surface area contributed by atoms with Gasteiger partial charge in [-0.05, 0) is 25.2 Å². The first-order valence-electron chi connectivity index (χ1n) is 6.81. The molecule has 2 heterocycles. The van der Waals surface area contributed by atoms with Gasteiger partial charge in [-0.15, -0.1) is 0 Å². The van der Waals surface area contributed by atoms with E-state index in [1.165, 1.54) is 0 Å². The lowest BCUT2D eigenvalue weighted by Crippen LogP contribution is -2.32. The van der Waals surface area contributed by atoms with E-state index in [2.05, 4.69) is 32.7 Å². The van der Waals surface area contributed by atoms with E-state index in [4.69, 9.17) is 11.6 Å². The first kappa shape index (κ1) is 14.0. The standard InChI is InChI=1S/C14H16ClN5O/c1-20-6-4-10(5-7-20)16-19-14(21)13-11-8-9(15)2-3-12(11)17-18-13/h2-3,8H,4-7H2,1H3,(H,17,18)(H,19,21). The Morgan fingerprint density at radius 3 is 2.95 bits per heavy atom. The molecule has 0 atom stereocenters. The topological polar surface area (TPSA) is 73.4 Å². The highest BCUT2D eigenvalue weighted by atomic mass is 35.5. The van der Waals surface area contributed by atoms with Crippen LogP contribution in [-0.4, -0.2) is 46.9 Å². The average molecular weight is 306 g/mol. The summed E-state index contributed by atoms with van der Waals surface area (Å²) in [7, 11) is 2.08. The molecule has 0 bridgehead atoms. The van der Waals surface area contributed by atoms with Gasteiger partial charge < -0.3 is 4.90 Å². The Morgan fingerprint density at radius 1 is 1.43 bits per heavy atom. The molecule has 1 aromatic carbocycles. The minimum Gasteiger partial charge on any atom is -0.306 e. The molecule has 21 heavy (non-hydrogen) atoms. The Hall–Kier alpha value is -1.92. The Morgan fingerprint density at radius 2 is 2.19 bits per heavy atom. The highest BCUT2D eigenvalue weighted by Gasteiger charge is 2.15. The van der Waals surface area contributed by atoms with Crippen molar-refractivity contribution in [1.82, 2.24) is 20.5 Å². The van der Waals surface area contributed by atoms with Crippen LogP contribution in [-0.2, 0) is 0 Å². The van der Waals surface area contributed by atoms with Crippen LogP contribution in [0.15, 0.2) is 23.3 Å². The fourth-order valence-corrected chi connectivity index (χ4v) is 2.50. The van der Waals surface area contributed by atoms with Crippen LogP contribution in [0, 0.1) is 0 Å². The number of likely N-dealkylation sites (tertiary alicyclic amines) is 1. The number of nitrogens with one attached hydrogen (secondary N) is 2. The first-order valence-corrected chi connectivity index (χ1v) is 7.19. The number of carbonyl (C=O) groups is 1. The number of nitrogens with zero attached hydrogens (tertiary/aromatic N) is 3. The third-order valence-electron chi connectivity index (χ3n) is 3.62. The van der Waals surface area contributed by atoms with Crippen molar-refractivity contribution in [2.75, 3.05) is 20.1 Å². The van der Waals surface area contributed by atoms with Crippen molar-refractivity contribution in [3.05, 3.63) is 28.9 Å². The number of aromatic nitrogens is 2. The average Bonchev–Trinajstić information content (AvgIpc) is 2.89. The minimum atomic E-state index is -0.324. The summed E-state index contributed by atoms with van der Waals surface area (Å²) in [6.07, 6.45) is 1.76. The Kier molecular flexibility index (Phi) is 3.90. The van der Waals surface area contributed by atoms with Gasteiger partial charge in [-0.1, -0.05) is 11.6 Å². The number of amides is 1. The molecule has 1 aliphatic rings. The second-order valence-corrected chi connectivity index (χ2v) is 5.62. The summed E-state index contributed by atoms with van der Waals surface area (Å²) in [6, 6.07) is 5.27. The molecule has 1 amide bonds. The van der Waals surface area contributed by atoms with Gasteiger partial charge in [-0.25, -0.2) is 5.43 Å². The van der Waals surface area contributed by atoms with E-state index in [0.717, 1.165) is 37.2 Å². The van der Waals surface area contributed by atoms with E-state index >= 15 is 0 Å². The van der Waals surface area contributed by atoms with Gasteiger partial charge in [0.1, 0.15) is 0 Å². The van der Waals surface area contributed by atoms with Gasteiger partial charge in [0.15, 0.2) is 5.69 Å². The van der Waals surface area contributed by atoms with Crippen molar-refractivity contribution in [3.63, 3.8) is 0 Å². The van der Waals surface area contributed by atoms with E-state index in [-0.39, 0.29) is 5.91 Å². The van der Waals surface area contributed by atoms with Crippen molar-refractivity contribution in [2.45, 2.75) is 12.8 Å². The molecular weight excluding hydrogens is 290 g/mol. The van der Waals surface area contributed by atoms with Gasteiger partial charge in [0.25, 0.3) is 5.91 Å². The maximum absolute atomic E-state index is 12.2. The smallest absolute Gasteiger partial charge is 0.292 e. The lowest BCUT2D eigenvalue weighted by molar-refractivity contribution is 0.0951. The van der Waals surface area contributed by atoms with Gasteiger partial charge in [0, 0.05) is 42.1 Å². The zero-order valence-electron chi connectivity index (χ0n) is 11.7. The molecule has 7 heteroatoms. The molecule has 1 saturated heterocycles. The highest BCUT2D eigenvalue weighted by molar-refractivity contribution is 6.31. The van der Waals surface area contributed by atoms with Gasteiger partial charge in [0.05, 0.1) is 5.52 Å². The summed E-state index contributed by atoms with van der Waals surface area (Å²) in [6.45, 7) is 1.94. The number of hydrogen-bond donors (Lipinski definition) is 2. The summed E-state index contributed by atoms with van der Waals surface area (Å²) >= 11 is 5.96. The Labute approximate surface area is 127 Å². The molecule has 0 aliphatic carbocycles. The quantitative estimate of drug-likeness (QED) is 0.834. The molecule has 0 saturated carbocycles. The van der Waals surface area contributed by atoms with Crippen molar-refractivity contribution in [2.24, 2.45) is 5.10 Å². The molecular formula is C14H16ClN5O. The monoisotopic (exact) mass is 305 g/mol. The predicted octanol–water partition coefficient (Wildman–Crippen LogP) is 2.03. The van der Waals surface area contributed by atoms with Crippen LogP contribution >= 0.6 is 11.6 Å². The maximum Gasteiger partial charge on any atom is 0.292 e. The molecule has 0 radical (unpaired) electrons. The summed E-state index contributed by atoms with van der Waals surface area (Å²) in [5.74, 6) is -0.324. The fraction of sp³-hybridized carbons (Fsp3) is 0.357. The molecule has 3 rings (SSSR count). The van der Waals surface area contributed by atoms with Gasteiger partial charge >= 0.3 is 0 Å². The number of piperidine rings is 1. The molecule has 6 nitrogen and oxygen atoms in total. The number of halogens is 1. The summed E-state index contributed by atoms with van der Waals surface area (Å²) in [5.41, 5.74) is 4.68. The predicted molar refractivity (Wildman–Crippen MR) is 82.7 cm³/mol. The number of benzene rings is 1. The van der Waals surface area contributed by atoms with E-state index in [9.17, 15) is 4.79 Å². The summed E-state index contributed by atoms with van der Waals surface area (Å²) in [4.78, 5) is 14.4. The summed E-state index contributed by atoms with van der Waals surface area (Å²) < 4.78 is 0. The maximum atomic E-state index is 12.2. The molecule has 0 unspecified atom stereocenters. The van der Waals surface area contributed by atoms with Crippen LogP contribution in [0.1, 0.15) is 23.3 Å². The first-order chi connectivity index (χ1) is 10.1. The van der Waals surface area contributed by atoms with Crippen LogP contribution in [0.5, 0.6) is 0 Å². The van der Waals surface area contributed by atoms with Crippen LogP contribution in [0.25, 0.3) is 10.9 Å². The zero-order valence-corrected chi connectivity index (χ0v) is 12.4. The molecule has 2 N–H and O–H groups in total.